The molecular weight excluding hydrogens is 402 g/mol. The number of thiophene rings is 1. The maximum atomic E-state index is 6.05. The smallest absolute Gasteiger partial charge is 0.258 e. The lowest BCUT2D eigenvalue weighted by molar-refractivity contribution is 0.422. The van der Waals surface area contributed by atoms with Crippen LogP contribution < -0.4 is 0 Å². The SMILES string of the molecule is SC(c1noc(-c2cccc(Cl)c2)n1)c1nnc(-c2cccs2)n1C1CC1. The molecule has 1 unspecified atom stereocenters. The highest BCUT2D eigenvalue weighted by atomic mass is 35.5. The van der Waals surface area contributed by atoms with Gasteiger partial charge in [-0.2, -0.15) is 17.6 Å². The van der Waals surface area contributed by atoms with E-state index in [2.05, 4.69) is 31.0 Å². The normalized spacial score (nSPS) is 15.2. The van der Waals surface area contributed by atoms with Crippen LogP contribution in [0.5, 0.6) is 0 Å². The standard InChI is InChI=1S/C18H14ClN5OS2/c19-11-4-1-3-10(9-11)18-20-15(23-25-18)14(26)17-22-21-16(13-5-2-8-27-13)24(17)12-6-7-12/h1-5,8-9,12,14,26H,6-7H2. The molecule has 1 aromatic carbocycles. The van der Waals surface area contributed by atoms with Crippen molar-refractivity contribution in [3.8, 4) is 22.2 Å². The molecule has 1 saturated carbocycles. The molecule has 1 aliphatic carbocycles. The van der Waals surface area contributed by atoms with Crippen molar-refractivity contribution in [1.29, 1.82) is 0 Å². The van der Waals surface area contributed by atoms with E-state index in [1.54, 1.807) is 23.5 Å². The van der Waals surface area contributed by atoms with Gasteiger partial charge in [0, 0.05) is 16.6 Å². The Morgan fingerprint density at radius 2 is 2.11 bits per heavy atom. The van der Waals surface area contributed by atoms with Crippen molar-refractivity contribution < 1.29 is 4.52 Å². The third-order valence-electron chi connectivity index (χ3n) is 4.38. The topological polar surface area (TPSA) is 69.6 Å². The predicted molar refractivity (Wildman–Crippen MR) is 107 cm³/mol. The van der Waals surface area contributed by atoms with Crippen molar-refractivity contribution in [2.45, 2.75) is 24.1 Å². The van der Waals surface area contributed by atoms with Gasteiger partial charge in [-0.3, -0.25) is 0 Å². The molecular formula is C18H14ClN5OS2. The Hall–Kier alpha value is -2.16. The van der Waals surface area contributed by atoms with Crippen LogP contribution in [-0.2, 0) is 0 Å². The second-order valence-electron chi connectivity index (χ2n) is 6.33. The fourth-order valence-corrected chi connectivity index (χ4v) is 4.13. The number of hydrogen-bond donors (Lipinski definition) is 1. The molecule has 0 aliphatic heterocycles. The summed E-state index contributed by atoms with van der Waals surface area (Å²) in [5.41, 5.74) is 0.768. The molecule has 1 aliphatic rings. The molecule has 1 atom stereocenters. The van der Waals surface area contributed by atoms with E-state index < -0.39 is 5.25 Å². The monoisotopic (exact) mass is 415 g/mol. The lowest BCUT2D eigenvalue weighted by Crippen LogP contribution is -2.07. The molecule has 3 aromatic heterocycles. The molecule has 3 heterocycles. The highest BCUT2D eigenvalue weighted by Crippen LogP contribution is 2.42. The van der Waals surface area contributed by atoms with Gasteiger partial charge in [0.15, 0.2) is 17.5 Å². The van der Waals surface area contributed by atoms with Gasteiger partial charge in [0.2, 0.25) is 0 Å². The van der Waals surface area contributed by atoms with E-state index >= 15 is 0 Å². The maximum absolute atomic E-state index is 6.05. The summed E-state index contributed by atoms with van der Waals surface area (Å²) in [7, 11) is 0. The van der Waals surface area contributed by atoms with Crippen molar-refractivity contribution in [1.82, 2.24) is 24.9 Å². The van der Waals surface area contributed by atoms with E-state index in [1.807, 2.05) is 23.6 Å². The Balaban J connectivity index is 1.51. The first-order chi connectivity index (χ1) is 13.2. The summed E-state index contributed by atoms with van der Waals surface area (Å²) in [6.45, 7) is 0. The zero-order valence-electron chi connectivity index (χ0n) is 14.0. The van der Waals surface area contributed by atoms with Gasteiger partial charge in [-0.25, -0.2) is 0 Å². The van der Waals surface area contributed by atoms with Crippen LogP contribution >= 0.6 is 35.6 Å². The predicted octanol–water partition coefficient (Wildman–Crippen LogP) is 5.06. The lowest BCUT2D eigenvalue weighted by Gasteiger charge is -2.10. The van der Waals surface area contributed by atoms with Gasteiger partial charge >= 0.3 is 0 Å². The minimum absolute atomic E-state index is 0.404. The zero-order valence-corrected chi connectivity index (χ0v) is 16.5. The number of hydrogen-bond acceptors (Lipinski definition) is 7. The third kappa shape index (κ3) is 3.18. The Morgan fingerprint density at radius 3 is 2.85 bits per heavy atom. The van der Waals surface area contributed by atoms with E-state index in [-0.39, 0.29) is 0 Å². The summed E-state index contributed by atoms with van der Waals surface area (Å²) >= 11 is 12.4. The Labute approximate surface area is 169 Å². The molecule has 0 bridgehead atoms. The van der Waals surface area contributed by atoms with Crippen LogP contribution in [0.15, 0.2) is 46.3 Å². The van der Waals surface area contributed by atoms with Gasteiger partial charge in [0.25, 0.3) is 5.89 Å². The number of rotatable bonds is 5. The molecule has 1 fully saturated rings. The van der Waals surface area contributed by atoms with E-state index in [9.17, 15) is 0 Å². The fraction of sp³-hybridized carbons (Fsp3) is 0.222. The lowest BCUT2D eigenvalue weighted by atomic mass is 10.2. The van der Waals surface area contributed by atoms with E-state index in [1.165, 1.54) is 0 Å². The molecule has 0 N–H and O–H groups in total. The van der Waals surface area contributed by atoms with Crippen molar-refractivity contribution in [2.75, 3.05) is 0 Å². The fourth-order valence-electron chi connectivity index (χ4n) is 2.96. The molecule has 4 aromatic rings. The molecule has 27 heavy (non-hydrogen) atoms. The number of halogens is 1. The van der Waals surface area contributed by atoms with Crippen LogP contribution in [0.4, 0.5) is 0 Å². The largest absolute Gasteiger partial charge is 0.334 e. The highest BCUT2D eigenvalue weighted by molar-refractivity contribution is 7.80. The Bertz CT molecular complexity index is 1090. The number of aromatic nitrogens is 5. The molecule has 0 spiro atoms. The second-order valence-corrected chi connectivity index (χ2v) is 8.23. The van der Waals surface area contributed by atoms with Crippen LogP contribution in [0.2, 0.25) is 5.02 Å². The number of benzene rings is 1. The van der Waals surface area contributed by atoms with Crippen LogP contribution in [0, 0.1) is 0 Å². The molecule has 5 rings (SSSR count). The van der Waals surface area contributed by atoms with E-state index in [0.29, 0.717) is 22.8 Å². The summed E-state index contributed by atoms with van der Waals surface area (Å²) in [6, 6.07) is 11.8. The van der Waals surface area contributed by atoms with Gasteiger partial charge < -0.3 is 9.09 Å². The van der Waals surface area contributed by atoms with Crippen LogP contribution in [0.3, 0.4) is 0 Å². The Kier molecular flexibility index (Phi) is 4.26. The van der Waals surface area contributed by atoms with Crippen molar-refractivity contribution in [3.05, 3.63) is 58.4 Å². The minimum Gasteiger partial charge on any atom is -0.334 e. The molecule has 6 nitrogen and oxygen atoms in total. The van der Waals surface area contributed by atoms with Crippen LogP contribution in [0.1, 0.15) is 35.8 Å². The summed E-state index contributed by atoms with van der Waals surface area (Å²) < 4.78 is 7.58. The summed E-state index contributed by atoms with van der Waals surface area (Å²) in [5, 5.41) is 15.2. The zero-order chi connectivity index (χ0) is 18.4. The summed E-state index contributed by atoms with van der Waals surface area (Å²) in [5.74, 6) is 2.48. The highest BCUT2D eigenvalue weighted by Gasteiger charge is 2.34. The number of thiol groups is 1. The molecule has 0 amide bonds. The molecule has 0 radical (unpaired) electrons. The van der Waals surface area contributed by atoms with Gasteiger partial charge in [-0.15, -0.1) is 21.5 Å². The third-order valence-corrected chi connectivity index (χ3v) is 5.94. The van der Waals surface area contributed by atoms with Crippen LogP contribution in [-0.4, -0.2) is 24.9 Å². The van der Waals surface area contributed by atoms with Crippen LogP contribution in [0.25, 0.3) is 22.2 Å². The summed E-state index contributed by atoms with van der Waals surface area (Å²) in [6.07, 6.45) is 2.23. The number of nitrogens with zero attached hydrogens (tertiary/aromatic N) is 5. The van der Waals surface area contributed by atoms with Gasteiger partial charge in [0.1, 0.15) is 5.25 Å². The van der Waals surface area contributed by atoms with Crippen molar-refractivity contribution >= 4 is 35.6 Å². The first-order valence-electron chi connectivity index (χ1n) is 8.47. The van der Waals surface area contributed by atoms with Crippen molar-refractivity contribution in [2.24, 2.45) is 0 Å². The molecule has 9 heteroatoms. The van der Waals surface area contributed by atoms with Gasteiger partial charge in [-0.1, -0.05) is 28.9 Å². The van der Waals surface area contributed by atoms with Crippen molar-refractivity contribution in [3.63, 3.8) is 0 Å². The van der Waals surface area contributed by atoms with E-state index in [0.717, 1.165) is 34.9 Å². The first kappa shape index (κ1) is 17.0. The molecule has 0 saturated heterocycles. The summed E-state index contributed by atoms with van der Waals surface area (Å²) in [4.78, 5) is 5.59. The van der Waals surface area contributed by atoms with Gasteiger partial charge in [0.05, 0.1) is 4.88 Å². The average molecular weight is 416 g/mol. The first-order valence-corrected chi connectivity index (χ1v) is 10.2. The quantitative estimate of drug-likeness (QED) is 0.461. The minimum atomic E-state index is -0.427. The average Bonchev–Trinajstić information content (AvgIpc) is 3.12. The molecule has 136 valence electrons. The Morgan fingerprint density at radius 1 is 1.22 bits per heavy atom. The van der Waals surface area contributed by atoms with Gasteiger partial charge in [-0.05, 0) is 42.5 Å². The maximum Gasteiger partial charge on any atom is 0.258 e. The van der Waals surface area contributed by atoms with E-state index in [4.69, 9.17) is 28.8 Å². The second kappa shape index (κ2) is 6.78.